The number of hydrogen-bond donors (Lipinski definition) is 0. The molecule has 5 heteroatoms. The second-order valence-corrected chi connectivity index (χ2v) is 6.98. The Labute approximate surface area is 153 Å². The molecular weight excluding hydrogens is 328 g/mol. The second-order valence-electron chi connectivity index (χ2n) is 6.98. The number of aromatic nitrogens is 1. The number of nitrogens with zero attached hydrogens (tertiary/aromatic N) is 2. The maximum atomic E-state index is 13.3. The molecule has 1 aromatic carbocycles. The molecule has 136 valence electrons. The van der Waals surface area contributed by atoms with Crippen LogP contribution in [-0.4, -0.2) is 36.1 Å². The van der Waals surface area contributed by atoms with Crippen LogP contribution >= 0.6 is 0 Å². The minimum Gasteiger partial charge on any atom is -0.497 e. The van der Waals surface area contributed by atoms with Gasteiger partial charge in [-0.15, -0.1) is 0 Å². The maximum Gasteiger partial charge on any atom is 0.233 e. The number of rotatable bonds is 5. The molecule has 1 saturated carbocycles. The number of benzene rings is 1. The zero-order valence-corrected chi connectivity index (χ0v) is 15.3. The minimum absolute atomic E-state index is 0.238. The molecule has 0 N–H and O–H groups in total. The molecular formula is C21H24N2O3. The van der Waals surface area contributed by atoms with Crippen LogP contribution in [0.2, 0.25) is 0 Å². The first-order chi connectivity index (χ1) is 12.7. The number of carbonyl (C=O) groups is 1. The Bertz CT molecular complexity index is 813. The summed E-state index contributed by atoms with van der Waals surface area (Å²) in [7, 11) is 1.66. The van der Waals surface area contributed by atoms with Crippen molar-refractivity contribution in [3.63, 3.8) is 0 Å². The smallest absolute Gasteiger partial charge is 0.233 e. The molecule has 1 aliphatic carbocycles. The molecule has 0 radical (unpaired) electrons. The molecule has 4 rings (SSSR count). The van der Waals surface area contributed by atoms with E-state index in [4.69, 9.17) is 9.47 Å². The average molecular weight is 352 g/mol. The summed E-state index contributed by atoms with van der Waals surface area (Å²) in [4.78, 5) is 19.8. The fourth-order valence-electron chi connectivity index (χ4n) is 3.76. The standard InChI is InChI=1S/C21H24N2O3/c1-3-26-19-9-4-15-14-23(13-10-18(15)22-19)20(24)21(11-12-21)16-5-7-17(25-2)8-6-16/h4-9H,3,10-14H2,1-2H3. The van der Waals surface area contributed by atoms with Crippen LogP contribution in [0.5, 0.6) is 11.6 Å². The topological polar surface area (TPSA) is 51.7 Å². The monoisotopic (exact) mass is 352 g/mol. The van der Waals surface area contributed by atoms with Gasteiger partial charge in [-0.3, -0.25) is 4.79 Å². The highest BCUT2D eigenvalue weighted by Crippen LogP contribution is 2.50. The molecule has 2 heterocycles. The maximum absolute atomic E-state index is 13.3. The highest BCUT2D eigenvalue weighted by Gasteiger charge is 2.53. The number of ether oxygens (including phenoxy) is 2. The van der Waals surface area contributed by atoms with E-state index < -0.39 is 0 Å². The highest BCUT2D eigenvalue weighted by molar-refractivity contribution is 5.91. The van der Waals surface area contributed by atoms with Gasteiger partial charge in [-0.25, -0.2) is 4.98 Å². The van der Waals surface area contributed by atoms with Gasteiger partial charge < -0.3 is 14.4 Å². The number of carbonyl (C=O) groups excluding carboxylic acids is 1. The van der Waals surface area contributed by atoms with Crippen molar-refractivity contribution in [2.75, 3.05) is 20.3 Å². The molecule has 1 aromatic heterocycles. The molecule has 1 amide bonds. The van der Waals surface area contributed by atoms with Crippen LogP contribution in [-0.2, 0) is 23.2 Å². The molecule has 0 saturated heterocycles. The third kappa shape index (κ3) is 2.91. The third-order valence-electron chi connectivity index (χ3n) is 5.40. The Morgan fingerprint density at radius 1 is 1.19 bits per heavy atom. The van der Waals surface area contributed by atoms with Crippen molar-refractivity contribution in [1.82, 2.24) is 9.88 Å². The summed E-state index contributed by atoms with van der Waals surface area (Å²) in [6, 6.07) is 11.9. The zero-order valence-electron chi connectivity index (χ0n) is 15.3. The van der Waals surface area contributed by atoms with Crippen LogP contribution in [0, 0.1) is 0 Å². The average Bonchev–Trinajstić information content (AvgIpc) is 3.49. The van der Waals surface area contributed by atoms with Crippen molar-refractivity contribution in [2.45, 2.75) is 38.1 Å². The van der Waals surface area contributed by atoms with E-state index in [-0.39, 0.29) is 11.3 Å². The molecule has 0 bridgehead atoms. The molecule has 0 spiro atoms. The summed E-state index contributed by atoms with van der Waals surface area (Å²) in [6.45, 7) is 3.91. The van der Waals surface area contributed by atoms with Crippen LogP contribution in [0.3, 0.4) is 0 Å². The normalized spacial score (nSPS) is 17.4. The Balaban J connectivity index is 1.52. The Hall–Kier alpha value is -2.56. The fraction of sp³-hybridized carbons (Fsp3) is 0.429. The lowest BCUT2D eigenvalue weighted by Crippen LogP contribution is -2.42. The van der Waals surface area contributed by atoms with Crippen LogP contribution in [0.25, 0.3) is 0 Å². The van der Waals surface area contributed by atoms with Gasteiger partial charge in [-0.1, -0.05) is 18.2 Å². The van der Waals surface area contributed by atoms with Gasteiger partial charge in [0.2, 0.25) is 11.8 Å². The van der Waals surface area contributed by atoms with Crippen LogP contribution in [0.1, 0.15) is 36.6 Å². The van der Waals surface area contributed by atoms with Crippen LogP contribution < -0.4 is 9.47 Å². The lowest BCUT2D eigenvalue weighted by molar-refractivity contribution is -0.134. The van der Waals surface area contributed by atoms with E-state index in [1.807, 2.05) is 48.2 Å². The van der Waals surface area contributed by atoms with E-state index in [0.717, 1.165) is 41.8 Å². The molecule has 5 nitrogen and oxygen atoms in total. The van der Waals surface area contributed by atoms with Crippen molar-refractivity contribution in [2.24, 2.45) is 0 Å². The van der Waals surface area contributed by atoms with Crippen molar-refractivity contribution >= 4 is 5.91 Å². The quantitative estimate of drug-likeness (QED) is 0.830. The predicted octanol–water partition coefficient (Wildman–Crippen LogP) is 3.11. The molecule has 2 aliphatic rings. The largest absolute Gasteiger partial charge is 0.497 e. The van der Waals surface area contributed by atoms with Gasteiger partial charge in [0.25, 0.3) is 0 Å². The summed E-state index contributed by atoms with van der Waals surface area (Å²) in [5.74, 6) is 1.73. The van der Waals surface area contributed by atoms with Crippen LogP contribution in [0.15, 0.2) is 36.4 Å². The number of fused-ring (bicyclic) bond motifs is 1. The summed E-state index contributed by atoms with van der Waals surface area (Å²) in [5, 5.41) is 0. The van der Waals surface area contributed by atoms with Crippen molar-refractivity contribution < 1.29 is 14.3 Å². The fourth-order valence-corrected chi connectivity index (χ4v) is 3.76. The van der Waals surface area contributed by atoms with E-state index in [1.54, 1.807) is 7.11 Å². The van der Waals surface area contributed by atoms with Gasteiger partial charge in [-0.05, 0) is 43.0 Å². The van der Waals surface area contributed by atoms with Gasteiger partial charge in [0, 0.05) is 25.6 Å². The van der Waals surface area contributed by atoms with Crippen molar-refractivity contribution in [1.29, 1.82) is 0 Å². The Kier molecular flexibility index (Phi) is 4.31. The molecule has 2 aromatic rings. The first kappa shape index (κ1) is 16.9. The zero-order chi connectivity index (χ0) is 18.1. The van der Waals surface area contributed by atoms with E-state index in [9.17, 15) is 4.79 Å². The molecule has 0 unspecified atom stereocenters. The molecule has 26 heavy (non-hydrogen) atoms. The molecule has 1 aliphatic heterocycles. The van der Waals surface area contributed by atoms with Crippen molar-refractivity contribution in [3.05, 3.63) is 53.2 Å². The first-order valence-corrected chi connectivity index (χ1v) is 9.22. The van der Waals surface area contributed by atoms with Gasteiger partial charge in [0.15, 0.2) is 0 Å². The summed E-state index contributed by atoms with van der Waals surface area (Å²) >= 11 is 0. The second kappa shape index (κ2) is 6.63. The summed E-state index contributed by atoms with van der Waals surface area (Å²) < 4.78 is 10.7. The molecule has 1 fully saturated rings. The Morgan fingerprint density at radius 3 is 2.62 bits per heavy atom. The first-order valence-electron chi connectivity index (χ1n) is 9.22. The number of hydrogen-bond acceptors (Lipinski definition) is 4. The SMILES string of the molecule is CCOc1ccc2c(n1)CCN(C(=O)C1(c3ccc(OC)cc3)CC1)C2. The van der Waals surface area contributed by atoms with Gasteiger partial charge in [-0.2, -0.15) is 0 Å². The lowest BCUT2D eigenvalue weighted by atomic mass is 9.93. The minimum atomic E-state index is -0.345. The number of amides is 1. The number of pyridine rings is 1. The van der Waals surface area contributed by atoms with E-state index in [2.05, 4.69) is 4.98 Å². The summed E-state index contributed by atoms with van der Waals surface area (Å²) in [6.07, 6.45) is 2.62. The summed E-state index contributed by atoms with van der Waals surface area (Å²) in [5.41, 5.74) is 2.93. The van der Waals surface area contributed by atoms with E-state index in [1.165, 1.54) is 0 Å². The Morgan fingerprint density at radius 2 is 1.96 bits per heavy atom. The van der Waals surface area contributed by atoms with Gasteiger partial charge in [0.05, 0.1) is 24.8 Å². The van der Waals surface area contributed by atoms with Gasteiger partial charge >= 0.3 is 0 Å². The van der Waals surface area contributed by atoms with E-state index in [0.29, 0.717) is 25.6 Å². The van der Waals surface area contributed by atoms with Gasteiger partial charge in [0.1, 0.15) is 5.75 Å². The third-order valence-corrected chi connectivity index (χ3v) is 5.40. The highest BCUT2D eigenvalue weighted by atomic mass is 16.5. The van der Waals surface area contributed by atoms with E-state index >= 15 is 0 Å². The predicted molar refractivity (Wildman–Crippen MR) is 98.4 cm³/mol. The number of methoxy groups -OCH3 is 1. The van der Waals surface area contributed by atoms with Crippen molar-refractivity contribution in [3.8, 4) is 11.6 Å². The van der Waals surface area contributed by atoms with Crippen LogP contribution in [0.4, 0.5) is 0 Å². The lowest BCUT2D eigenvalue weighted by Gasteiger charge is -2.32. The molecule has 0 atom stereocenters.